The van der Waals surface area contributed by atoms with Crippen LogP contribution in [0.5, 0.6) is 0 Å². The monoisotopic (exact) mass is 365 g/mol. The van der Waals surface area contributed by atoms with Crippen LogP contribution in [0.4, 0.5) is 5.95 Å². The van der Waals surface area contributed by atoms with E-state index in [1.807, 2.05) is 6.07 Å². The zero-order valence-electron chi connectivity index (χ0n) is 16.1. The summed E-state index contributed by atoms with van der Waals surface area (Å²) < 4.78 is 0. The second-order valence-corrected chi connectivity index (χ2v) is 7.79. The van der Waals surface area contributed by atoms with E-state index >= 15 is 0 Å². The molecule has 1 aliphatic carbocycles. The maximum Gasteiger partial charge on any atom is 0.225 e. The molecule has 2 aromatic rings. The lowest BCUT2D eigenvalue weighted by atomic mass is 10.0. The van der Waals surface area contributed by atoms with Gasteiger partial charge in [0.25, 0.3) is 0 Å². The van der Waals surface area contributed by atoms with Crippen molar-refractivity contribution in [1.29, 1.82) is 0 Å². The summed E-state index contributed by atoms with van der Waals surface area (Å²) in [5.74, 6) is 0.868. The number of hydrogen-bond donors (Lipinski definition) is 1. The first-order valence-corrected chi connectivity index (χ1v) is 9.70. The molecule has 0 radical (unpaired) electrons. The van der Waals surface area contributed by atoms with Gasteiger partial charge in [-0.1, -0.05) is 24.3 Å². The topological polar surface area (TPSA) is 61.4 Å². The van der Waals surface area contributed by atoms with E-state index in [0.29, 0.717) is 6.04 Å². The van der Waals surface area contributed by atoms with E-state index in [2.05, 4.69) is 56.3 Å². The molecule has 1 saturated carbocycles. The molecule has 1 N–H and O–H groups in total. The number of carbonyl (C=O) groups is 1. The Kier molecular flexibility index (Phi) is 4.83. The molecule has 1 amide bonds. The predicted octanol–water partition coefficient (Wildman–Crippen LogP) is 2.31. The lowest BCUT2D eigenvalue weighted by molar-refractivity contribution is -0.120. The number of nitrogens with one attached hydrogen (secondary N) is 1. The Morgan fingerprint density at radius 1 is 1.19 bits per heavy atom. The molecule has 1 aliphatic heterocycles. The fourth-order valence-corrected chi connectivity index (χ4v) is 4.05. The highest BCUT2D eigenvalue weighted by Gasteiger charge is 2.44. The third-order valence-electron chi connectivity index (χ3n) is 5.60. The zero-order valence-corrected chi connectivity index (χ0v) is 16.1. The van der Waals surface area contributed by atoms with E-state index in [1.54, 1.807) is 19.3 Å². The van der Waals surface area contributed by atoms with Gasteiger partial charge in [0.05, 0.1) is 5.54 Å². The zero-order chi connectivity index (χ0) is 18.9. The largest absolute Gasteiger partial charge is 0.347 e. The fourth-order valence-electron chi connectivity index (χ4n) is 4.05. The van der Waals surface area contributed by atoms with Crippen molar-refractivity contribution in [3.05, 3.63) is 53.9 Å². The predicted molar refractivity (Wildman–Crippen MR) is 105 cm³/mol. The SMILES string of the molecule is CC(=O)NC1(c2ccc(CN3CCN(c4ncccn4)[C@@H](C)C3)cc2)CC1. The van der Waals surface area contributed by atoms with Crippen LogP contribution in [0.2, 0.25) is 0 Å². The number of amides is 1. The molecule has 1 atom stereocenters. The van der Waals surface area contributed by atoms with E-state index in [0.717, 1.165) is 45.0 Å². The minimum absolute atomic E-state index is 0.0471. The molecule has 6 heteroatoms. The number of anilines is 1. The molecular formula is C21H27N5O. The number of piperazine rings is 1. The number of carbonyl (C=O) groups excluding carboxylic acids is 1. The first-order valence-electron chi connectivity index (χ1n) is 9.70. The maximum absolute atomic E-state index is 11.4. The molecule has 0 spiro atoms. The van der Waals surface area contributed by atoms with Crippen LogP contribution < -0.4 is 10.2 Å². The van der Waals surface area contributed by atoms with Crippen LogP contribution in [0.3, 0.4) is 0 Å². The van der Waals surface area contributed by atoms with Crippen LogP contribution in [0.15, 0.2) is 42.7 Å². The quantitative estimate of drug-likeness (QED) is 0.881. The van der Waals surface area contributed by atoms with E-state index in [-0.39, 0.29) is 11.4 Å². The fraction of sp³-hybridized carbons (Fsp3) is 0.476. The van der Waals surface area contributed by atoms with Gasteiger partial charge in [-0.25, -0.2) is 9.97 Å². The minimum Gasteiger partial charge on any atom is -0.347 e. The van der Waals surface area contributed by atoms with Crippen molar-refractivity contribution in [2.75, 3.05) is 24.5 Å². The average molecular weight is 365 g/mol. The van der Waals surface area contributed by atoms with Gasteiger partial charge in [0.1, 0.15) is 0 Å². The highest BCUT2D eigenvalue weighted by Crippen LogP contribution is 2.45. The first-order chi connectivity index (χ1) is 13.1. The first kappa shape index (κ1) is 17.9. The molecule has 142 valence electrons. The van der Waals surface area contributed by atoms with Crippen molar-refractivity contribution < 1.29 is 4.79 Å². The molecule has 27 heavy (non-hydrogen) atoms. The Labute approximate surface area is 160 Å². The molecule has 4 rings (SSSR count). The minimum atomic E-state index is -0.111. The summed E-state index contributed by atoms with van der Waals surface area (Å²) in [6.07, 6.45) is 5.67. The van der Waals surface area contributed by atoms with Gasteiger partial charge >= 0.3 is 0 Å². The lowest BCUT2D eigenvalue weighted by Crippen LogP contribution is -2.52. The summed E-state index contributed by atoms with van der Waals surface area (Å²) in [6.45, 7) is 7.71. The standard InChI is InChI=1S/C21H27N5O/c1-16-14-25(12-13-26(16)20-22-10-3-11-23-20)15-18-4-6-19(7-5-18)21(8-9-21)24-17(2)27/h3-7,10-11,16H,8-9,12-15H2,1-2H3,(H,24,27)/t16-/m0/s1. The summed E-state index contributed by atoms with van der Waals surface area (Å²) in [6, 6.07) is 11.0. The second-order valence-electron chi connectivity index (χ2n) is 7.79. The van der Waals surface area contributed by atoms with Gasteiger partial charge in [0, 0.05) is 51.5 Å². The highest BCUT2D eigenvalue weighted by atomic mass is 16.1. The number of benzene rings is 1. The van der Waals surface area contributed by atoms with Crippen LogP contribution in [0.1, 0.15) is 37.8 Å². The average Bonchev–Trinajstić information content (AvgIpc) is 3.43. The summed E-state index contributed by atoms with van der Waals surface area (Å²) in [4.78, 5) is 25.0. The Balaban J connectivity index is 1.36. The number of aromatic nitrogens is 2. The van der Waals surface area contributed by atoms with Crippen molar-refractivity contribution >= 4 is 11.9 Å². The van der Waals surface area contributed by atoms with E-state index < -0.39 is 0 Å². The highest BCUT2D eigenvalue weighted by molar-refractivity contribution is 5.74. The normalized spacial score (nSPS) is 21.7. The van der Waals surface area contributed by atoms with Crippen molar-refractivity contribution in [3.63, 3.8) is 0 Å². The Hall–Kier alpha value is -2.47. The summed E-state index contributed by atoms with van der Waals surface area (Å²) in [5.41, 5.74) is 2.43. The van der Waals surface area contributed by atoms with Crippen molar-refractivity contribution in [3.8, 4) is 0 Å². The number of hydrogen-bond acceptors (Lipinski definition) is 5. The molecule has 0 bridgehead atoms. The molecule has 1 aromatic heterocycles. The molecule has 6 nitrogen and oxygen atoms in total. The Morgan fingerprint density at radius 3 is 2.48 bits per heavy atom. The summed E-state index contributed by atoms with van der Waals surface area (Å²) in [7, 11) is 0. The van der Waals surface area contributed by atoms with E-state index in [4.69, 9.17) is 0 Å². The lowest BCUT2D eigenvalue weighted by Gasteiger charge is -2.39. The van der Waals surface area contributed by atoms with Gasteiger partial charge in [0.2, 0.25) is 11.9 Å². The maximum atomic E-state index is 11.4. The summed E-state index contributed by atoms with van der Waals surface area (Å²) in [5, 5.41) is 3.11. The van der Waals surface area contributed by atoms with Crippen LogP contribution in [0.25, 0.3) is 0 Å². The number of nitrogens with zero attached hydrogens (tertiary/aromatic N) is 4. The van der Waals surface area contributed by atoms with Crippen LogP contribution >= 0.6 is 0 Å². The van der Waals surface area contributed by atoms with Crippen LogP contribution in [-0.2, 0) is 16.9 Å². The van der Waals surface area contributed by atoms with E-state index in [9.17, 15) is 4.79 Å². The van der Waals surface area contributed by atoms with Gasteiger partial charge < -0.3 is 10.2 Å². The van der Waals surface area contributed by atoms with Crippen molar-refractivity contribution in [2.24, 2.45) is 0 Å². The Morgan fingerprint density at radius 2 is 1.89 bits per heavy atom. The van der Waals surface area contributed by atoms with Crippen molar-refractivity contribution in [2.45, 2.75) is 44.8 Å². The van der Waals surface area contributed by atoms with Gasteiger partial charge in [0.15, 0.2) is 0 Å². The second kappa shape index (κ2) is 7.27. The van der Waals surface area contributed by atoms with Gasteiger partial charge in [-0.15, -0.1) is 0 Å². The Bertz CT molecular complexity index is 788. The smallest absolute Gasteiger partial charge is 0.225 e. The van der Waals surface area contributed by atoms with Crippen LogP contribution in [-0.4, -0.2) is 46.5 Å². The molecule has 2 heterocycles. The van der Waals surface area contributed by atoms with Gasteiger partial charge in [-0.2, -0.15) is 0 Å². The van der Waals surface area contributed by atoms with E-state index in [1.165, 1.54) is 11.1 Å². The molecule has 2 aliphatic rings. The molecule has 0 unspecified atom stereocenters. The summed E-state index contributed by atoms with van der Waals surface area (Å²) >= 11 is 0. The van der Waals surface area contributed by atoms with Gasteiger partial charge in [-0.3, -0.25) is 9.69 Å². The molecular weight excluding hydrogens is 338 g/mol. The third-order valence-corrected chi connectivity index (χ3v) is 5.60. The van der Waals surface area contributed by atoms with Crippen molar-refractivity contribution in [1.82, 2.24) is 20.2 Å². The molecule has 1 saturated heterocycles. The molecule has 2 fully saturated rings. The third kappa shape index (κ3) is 3.95. The van der Waals surface area contributed by atoms with Crippen LogP contribution in [0, 0.1) is 0 Å². The van der Waals surface area contributed by atoms with Gasteiger partial charge in [-0.05, 0) is 37.0 Å². The number of rotatable bonds is 5. The molecule has 1 aromatic carbocycles.